The summed E-state index contributed by atoms with van der Waals surface area (Å²) in [5.41, 5.74) is 2.27. The van der Waals surface area contributed by atoms with Crippen LogP contribution in [0.25, 0.3) is 11.3 Å². The number of carboxylic acid groups (broad SMARTS) is 1. The maximum atomic E-state index is 13.1. The van der Waals surface area contributed by atoms with Gasteiger partial charge in [0.1, 0.15) is 22.8 Å². The molecule has 0 aliphatic rings. The van der Waals surface area contributed by atoms with Crippen LogP contribution in [-0.2, 0) is 17.8 Å². The summed E-state index contributed by atoms with van der Waals surface area (Å²) in [4.78, 5) is 40.3. The van der Waals surface area contributed by atoms with Crippen molar-refractivity contribution in [3.63, 3.8) is 0 Å². The number of ether oxygens (including phenoxy) is 2. The highest BCUT2D eigenvalue weighted by Crippen LogP contribution is 2.27. The Morgan fingerprint density at radius 3 is 2.47 bits per heavy atom. The quantitative estimate of drug-likeness (QED) is 0.243. The summed E-state index contributed by atoms with van der Waals surface area (Å²) in [6, 6.07) is 11.9. The number of aliphatic imine (C=N–C) groups is 1. The van der Waals surface area contributed by atoms with E-state index in [0.29, 0.717) is 27.5 Å². The van der Waals surface area contributed by atoms with Gasteiger partial charge in [0, 0.05) is 17.1 Å². The molecule has 4 N–H and O–H groups in total. The Morgan fingerprint density at radius 2 is 1.82 bits per heavy atom. The molecule has 0 unspecified atom stereocenters. The van der Waals surface area contributed by atoms with Gasteiger partial charge in [0.25, 0.3) is 5.91 Å². The average Bonchev–Trinajstić information content (AvgIpc) is 3.27. The molecule has 200 valence electrons. The van der Waals surface area contributed by atoms with Gasteiger partial charge in [-0.3, -0.25) is 15.4 Å². The van der Waals surface area contributed by atoms with Crippen molar-refractivity contribution in [2.24, 2.45) is 4.99 Å². The Labute approximate surface area is 223 Å². The van der Waals surface area contributed by atoms with Crippen molar-refractivity contribution in [1.82, 2.24) is 21.1 Å². The summed E-state index contributed by atoms with van der Waals surface area (Å²) in [6.07, 6.45) is -1.99. The molecule has 0 aliphatic carbocycles. The van der Waals surface area contributed by atoms with E-state index in [1.165, 1.54) is 7.11 Å². The second kappa shape index (κ2) is 13.1. The summed E-state index contributed by atoms with van der Waals surface area (Å²) in [5, 5.41) is 20.8. The molecule has 2 aromatic carbocycles. The molecule has 0 atom stereocenters. The fraction of sp³-hybridized carbons (Fsp3) is 0.240. The highest BCUT2D eigenvalue weighted by molar-refractivity contribution is 6.30. The predicted octanol–water partition coefficient (Wildman–Crippen LogP) is 4.11. The maximum Gasteiger partial charge on any atom is 0.411 e. The molecular weight excluding hydrogens is 518 g/mol. The summed E-state index contributed by atoms with van der Waals surface area (Å²) >= 11 is 6.19. The number of amides is 3. The van der Waals surface area contributed by atoms with Crippen LogP contribution in [0, 0.1) is 6.92 Å². The van der Waals surface area contributed by atoms with Crippen LogP contribution < -0.4 is 20.7 Å². The Kier molecular flexibility index (Phi) is 9.66. The van der Waals surface area contributed by atoms with Gasteiger partial charge in [-0.2, -0.15) is 0 Å². The minimum absolute atomic E-state index is 0.0309. The second-order valence-electron chi connectivity index (χ2n) is 7.78. The van der Waals surface area contributed by atoms with Crippen LogP contribution in [0.5, 0.6) is 5.75 Å². The Morgan fingerprint density at radius 1 is 1.11 bits per heavy atom. The zero-order valence-electron chi connectivity index (χ0n) is 20.8. The summed E-state index contributed by atoms with van der Waals surface area (Å²) in [7, 11) is 1.54. The van der Waals surface area contributed by atoms with Gasteiger partial charge in [0.05, 0.1) is 20.3 Å². The van der Waals surface area contributed by atoms with Crippen molar-refractivity contribution < 1.29 is 33.5 Å². The highest BCUT2D eigenvalue weighted by Gasteiger charge is 2.23. The van der Waals surface area contributed by atoms with E-state index in [1.807, 2.05) is 0 Å². The van der Waals surface area contributed by atoms with Gasteiger partial charge < -0.3 is 24.4 Å². The topological polar surface area (TPSA) is 164 Å². The fourth-order valence-electron chi connectivity index (χ4n) is 3.40. The standard InChI is InChI=1S/C25H26ClN5O7/c1-4-37-25(35)28-13-16-9-15(10-18(26)11-16)12-27-23(30-24(33)34)29-22(32)20-14(2)38-31-21(20)17-5-7-19(36-3)8-6-17/h5-11H,4,12-13H2,1-3H3,(H,28,35)(H,33,34)(H2,27,29,30,32). The van der Waals surface area contributed by atoms with Gasteiger partial charge in [0.2, 0.25) is 5.96 Å². The predicted molar refractivity (Wildman–Crippen MR) is 138 cm³/mol. The van der Waals surface area contributed by atoms with Crippen LogP contribution in [-0.4, -0.2) is 48.0 Å². The third-order valence-corrected chi connectivity index (χ3v) is 5.28. The Bertz CT molecular complexity index is 1340. The molecule has 3 amide bonds. The molecule has 12 nitrogen and oxygen atoms in total. The smallest absolute Gasteiger partial charge is 0.411 e. The molecule has 0 fully saturated rings. The molecule has 0 radical (unpaired) electrons. The number of guanidine groups is 1. The molecule has 1 aromatic heterocycles. The zero-order valence-corrected chi connectivity index (χ0v) is 21.6. The lowest BCUT2D eigenvalue weighted by atomic mass is 10.1. The van der Waals surface area contributed by atoms with E-state index in [9.17, 15) is 19.5 Å². The van der Waals surface area contributed by atoms with Crippen LogP contribution in [0.3, 0.4) is 0 Å². The van der Waals surface area contributed by atoms with Gasteiger partial charge in [-0.05, 0) is 61.4 Å². The lowest BCUT2D eigenvalue weighted by Crippen LogP contribution is -2.43. The number of carbonyl (C=O) groups is 3. The number of benzene rings is 2. The van der Waals surface area contributed by atoms with E-state index in [4.69, 9.17) is 25.6 Å². The molecule has 3 rings (SSSR count). The van der Waals surface area contributed by atoms with Crippen LogP contribution in [0.4, 0.5) is 9.59 Å². The van der Waals surface area contributed by atoms with E-state index in [0.717, 1.165) is 0 Å². The second-order valence-corrected chi connectivity index (χ2v) is 8.22. The van der Waals surface area contributed by atoms with Crippen LogP contribution >= 0.6 is 11.6 Å². The molecule has 0 spiro atoms. The molecule has 0 saturated carbocycles. The monoisotopic (exact) mass is 543 g/mol. The van der Waals surface area contributed by atoms with Crippen molar-refractivity contribution in [1.29, 1.82) is 0 Å². The number of hydrogen-bond acceptors (Lipinski definition) is 8. The van der Waals surface area contributed by atoms with Gasteiger partial charge in [0.15, 0.2) is 0 Å². The van der Waals surface area contributed by atoms with Crippen LogP contribution in [0.1, 0.15) is 34.2 Å². The van der Waals surface area contributed by atoms with E-state index in [-0.39, 0.29) is 42.7 Å². The number of aromatic nitrogens is 1. The first-order valence-corrected chi connectivity index (χ1v) is 11.7. The summed E-state index contributed by atoms with van der Waals surface area (Å²) < 4.78 is 15.2. The molecule has 3 aromatic rings. The van der Waals surface area contributed by atoms with Crippen molar-refractivity contribution in [3.05, 3.63) is 69.9 Å². The van der Waals surface area contributed by atoms with E-state index >= 15 is 0 Å². The van der Waals surface area contributed by atoms with Crippen molar-refractivity contribution in [2.75, 3.05) is 13.7 Å². The molecule has 0 saturated heterocycles. The molecule has 13 heteroatoms. The van der Waals surface area contributed by atoms with Gasteiger partial charge in [-0.1, -0.05) is 22.8 Å². The number of rotatable bonds is 8. The number of alkyl carbamates (subject to hydrolysis) is 1. The molecular formula is C25H26ClN5O7. The first-order valence-electron chi connectivity index (χ1n) is 11.4. The minimum atomic E-state index is -1.42. The first-order chi connectivity index (χ1) is 18.2. The normalized spacial score (nSPS) is 11.0. The number of nitrogens with zero attached hydrogens (tertiary/aromatic N) is 2. The Hall–Kier alpha value is -4.58. The van der Waals surface area contributed by atoms with Crippen molar-refractivity contribution in [2.45, 2.75) is 26.9 Å². The van der Waals surface area contributed by atoms with Crippen LogP contribution in [0.2, 0.25) is 5.02 Å². The zero-order chi connectivity index (χ0) is 27.7. The number of hydrogen-bond donors (Lipinski definition) is 4. The third kappa shape index (κ3) is 7.71. The van der Waals surface area contributed by atoms with Crippen molar-refractivity contribution in [3.8, 4) is 17.0 Å². The summed E-state index contributed by atoms with van der Waals surface area (Å²) in [5.74, 6) is -0.125. The van der Waals surface area contributed by atoms with Gasteiger partial charge in [-0.15, -0.1) is 0 Å². The minimum Gasteiger partial charge on any atom is -0.497 e. The molecule has 1 heterocycles. The third-order valence-electron chi connectivity index (χ3n) is 5.06. The molecule has 0 bridgehead atoms. The molecule has 38 heavy (non-hydrogen) atoms. The number of aryl methyl sites for hydroxylation is 1. The number of carbonyl (C=O) groups excluding carboxylic acids is 2. The number of methoxy groups -OCH3 is 1. The number of halogens is 1. The lowest BCUT2D eigenvalue weighted by Gasteiger charge is -2.10. The lowest BCUT2D eigenvalue weighted by molar-refractivity contribution is 0.0975. The van der Waals surface area contributed by atoms with E-state index in [2.05, 4.69) is 26.1 Å². The van der Waals surface area contributed by atoms with Crippen LogP contribution in [0.15, 0.2) is 52.0 Å². The molecule has 0 aliphatic heterocycles. The number of nitrogens with one attached hydrogen (secondary N) is 3. The largest absolute Gasteiger partial charge is 0.497 e. The average molecular weight is 544 g/mol. The van der Waals surface area contributed by atoms with Crippen molar-refractivity contribution >= 4 is 35.7 Å². The van der Waals surface area contributed by atoms with E-state index < -0.39 is 18.1 Å². The van der Waals surface area contributed by atoms with Gasteiger partial charge in [-0.25, -0.2) is 14.6 Å². The maximum absolute atomic E-state index is 13.1. The highest BCUT2D eigenvalue weighted by atomic mass is 35.5. The summed E-state index contributed by atoms with van der Waals surface area (Å²) in [6.45, 7) is 3.63. The first kappa shape index (κ1) is 28.0. The Balaban J connectivity index is 1.80. The fourth-order valence-corrected chi connectivity index (χ4v) is 3.68. The van der Waals surface area contributed by atoms with E-state index in [1.54, 1.807) is 56.3 Å². The SMILES string of the molecule is CCOC(=O)NCc1cc(Cl)cc(CN=C(NC(=O)O)NC(=O)c2c(-c3ccc(OC)cc3)noc2C)c1. The van der Waals surface area contributed by atoms with Gasteiger partial charge >= 0.3 is 12.2 Å².